The molecular weight excluding hydrogens is 381 g/mol. The van der Waals surface area contributed by atoms with Crippen LogP contribution in [0, 0.1) is 11.3 Å². The van der Waals surface area contributed by atoms with Gasteiger partial charge in [0, 0.05) is 6.92 Å². The fourth-order valence-electron chi connectivity index (χ4n) is 2.90. The van der Waals surface area contributed by atoms with E-state index in [1.807, 2.05) is 5.10 Å². The molecule has 0 spiro atoms. The van der Waals surface area contributed by atoms with Gasteiger partial charge in [-0.25, -0.2) is 0 Å². The van der Waals surface area contributed by atoms with Gasteiger partial charge in [-0.05, 0) is 17.7 Å². The molecule has 0 aliphatic carbocycles. The first-order chi connectivity index (χ1) is 13.2. The number of methoxy groups -OCH3 is 1. The number of alkyl halides is 3. The summed E-state index contributed by atoms with van der Waals surface area (Å²) in [4.78, 5) is 11.2. The molecule has 0 saturated carbocycles. The lowest BCUT2D eigenvalue weighted by molar-refractivity contribution is -0.142. The van der Waals surface area contributed by atoms with E-state index in [0.29, 0.717) is 0 Å². The van der Waals surface area contributed by atoms with Gasteiger partial charge >= 0.3 is 12.1 Å². The zero-order valence-electron chi connectivity index (χ0n) is 14.5. The molecule has 2 heterocycles. The molecule has 11 heteroatoms. The number of nitrogens with one attached hydrogen (secondary N) is 1. The number of H-pyrrole nitrogens is 1. The summed E-state index contributed by atoms with van der Waals surface area (Å²) in [5, 5.41) is 14.9. The quantitative estimate of drug-likeness (QED) is 0.606. The minimum Gasteiger partial charge on any atom is -0.493 e. The first-order valence-corrected chi connectivity index (χ1v) is 7.76. The van der Waals surface area contributed by atoms with Crippen LogP contribution in [0.2, 0.25) is 0 Å². The Balaban J connectivity index is 2.22. The summed E-state index contributed by atoms with van der Waals surface area (Å²) >= 11 is 0. The maximum absolute atomic E-state index is 13.4. The van der Waals surface area contributed by atoms with Crippen molar-refractivity contribution in [2.75, 3.05) is 7.11 Å². The predicted molar refractivity (Wildman–Crippen MR) is 87.2 cm³/mol. The summed E-state index contributed by atoms with van der Waals surface area (Å²) in [5.41, 5.74) is 4.20. The highest BCUT2D eigenvalue weighted by Crippen LogP contribution is 2.47. The maximum atomic E-state index is 13.4. The van der Waals surface area contributed by atoms with Crippen molar-refractivity contribution in [1.29, 1.82) is 5.26 Å². The van der Waals surface area contributed by atoms with Crippen molar-refractivity contribution < 1.29 is 32.2 Å². The number of nitrogens with two attached hydrogens (primary N) is 1. The van der Waals surface area contributed by atoms with Gasteiger partial charge in [0.15, 0.2) is 11.5 Å². The van der Waals surface area contributed by atoms with Gasteiger partial charge in [-0.2, -0.15) is 18.4 Å². The summed E-state index contributed by atoms with van der Waals surface area (Å²) in [5.74, 6) is -2.39. The second-order valence-corrected chi connectivity index (χ2v) is 5.74. The third-order valence-corrected chi connectivity index (χ3v) is 4.00. The van der Waals surface area contributed by atoms with Crippen LogP contribution in [-0.2, 0) is 11.0 Å². The van der Waals surface area contributed by atoms with E-state index in [0.717, 1.165) is 0 Å². The van der Waals surface area contributed by atoms with Gasteiger partial charge in [-0.15, -0.1) is 5.10 Å². The maximum Gasteiger partial charge on any atom is 0.433 e. The number of nitriles is 1. The largest absolute Gasteiger partial charge is 0.493 e. The Morgan fingerprint density at radius 3 is 2.68 bits per heavy atom. The minimum atomic E-state index is -4.77. The molecule has 1 unspecified atom stereocenters. The van der Waals surface area contributed by atoms with E-state index in [1.54, 1.807) is 6.07 Å². The minimum absolute atomic E-state index is 0.0738. The van der Waals surface area contributed by atoms with Crippen molar-refractivity contribution >= 4 is 5.97 Å². The molecule has 3 rings (SSSR count). The summed E-state index contributed by atoms with van der Waals surface area (Å²) in [6.45, 7) is 1.19. The Kier molecular flexibility index (Phi) is 4.64. The monoisotopic (exact) mass is 394 g/mol. The Morgan fingerprint density at radius 1 is 1.39 bits per heavy atom. The van der Waals surface area contributed by atoms with Crippen LogP contribution < -0.4 is 19.9 Å². The fraction of sp³-hybridized carbons (Fsp3) is 0.235. The van der Waals surface area contributed by atoms with Gasteiger partial charge in [0.25, 0.3) is 0 Å². The van der Waals surface area contributed by atoms with Crippen LogP contribution in [0.15, 0.2) is 29.7 Å². The number of allylic oxidation sites excluding steroid dienone is 1. The van der Waals surface area contributed by atoms with Crippen LogP contribution in [0.4, 0.5) is 13.2 Å². The molecule has 3 N–H and O–H groups in total. The summed E-state index contributed by atoms with van der Waals surface area (Å²) in [6, 6.07) is 5.90. The van der Waals surface area contributed by atoms with Crippen molar-refractivity contribution in [3.05, 3.63) is 46.5 Å². The van der Waals surface area contributed by atoms with Crippen LogP contribution in [0.1, 0.15) is 29.7 Å². The van der Waals surface area contributed by atoms with Gasteiger partial charge in [-0.1, -0.05) is 6.07 Å². The van der Waals surface area contributed by atoms with Gasteiger partial charge in [0.05, 0.1) is 18.6 Å². The van der Waals surface area contributed by atoms with Gasteiger partial charge in [0.2, 0.25) is 11.8 Å². The molecule has 0 saturated heterocycles. The molecule has 1 aliphatic rings. The number of nitrogens with zero attached hydrogens (tertiary/aromatic N) is 2. The molecule has 0 radical (unpaired) electrons. The molecule has 0 amide bonds. The fourth-order valence-corrected chi connectivity index (χ4v) is 2.90. The number of aromatic amines is 1. The lowest BCUT2D eigenvalue weighted by atomic mass is 9.83. The normalized spacial score (nSPS) is 16.1. The highest BCUT2D eigenvalue weighted by Gasteiger charge is 2.44. The smallest absolute Gasteiger partial charge is 0.433 e. The van der Waals surface area contributed by atoms with Crippen LogP contribution in [0.25, 0.3) is 0 Å². The first kappa shape index (κ1) is 19.1. The molecule has 1 aromatic heterocycles. The van der Waals surface area contributed by atoms with E-state index >= 15 is 0 Å². The Hall–Kier alpha value is -3.68. The number of hydrogen-bond acceptors (Lipinski definition) is 7. The number of carbonyl (C=O) groups is 1. The van der Waals surface area contributed by atoms with Gasteiger partial charge < -0.3 is 19.9 Å². The van der Waals surface area contributed by atoms with E-state index in [9.17, 15) is 23.2 Å². The molecule has 2 aromatic rings. The molecule has 0 fully saturated rings. The number of ether oxygens (including phenoxy) is 3. The average Bonchev–Trinajstić information content (AvgIpc) is 3.04. The second-order valence-electron chi connectivity index (χ2n) is 5.74. The lowest BCUT2D eigenvalue weighted by Crippen LogP contribution is -2.23. The van der Waals surface area contributed by atoms with Crippen molar-refractivity contribution in [2.24, 2.45) is 5.73 Å². The number of hydrogen-bond donors (Lipinski definition) is 2. The van der Waals surface area contributed by atoms with Crippen molar-refractivity contribution in [2.45, 2.75) is 19.0 Å². The predicted octanol–water partition coefficient (Wildman–Crippen LogP) is 2.58. The Morgan fingerprint density at radius 2 is 2.11 bits per heavy atom. The number of halogens is 3. The first-order valence-electron chi connectivity index (χ1n) is 7.76. The lowest BCUT2D eigenvalue weighted by Gasteiger charge is -2.25. The average molecular weight is 394 g/mol. The van der Waals surface area contributed by atoms with Gasteiger partial charge in [0.1, 0.15) is 17.3 Å². The topological polar surface area (TPSA) is 123 Å². The van der Waals surface area contributed by atoms with Crippen LogP contribution >= 0.6 is 0 Å². The number of rotatable bonds is 3. The number of esters is 1. The highest BCUT2D eigenvalue weighted by molar-refractivity contribution is 5.70. The standard InChI is InChI=1S/C17H13F3N4O4/c1-7(25)27-10-4-3-8(5-11(10)26-2)12-9(6-21)15(22)28-16-13(12)14(23-24-16)17(18,19)20/h3-5,12H,22H2,1-2H3,(H,23,24). The molecule has 146 valence electrons. The Bertz CT molecular complexity index is 1020. The van der Waals surface area contributed by atoms with E-state index in [4.69, 9.17) is 19.9 Å². The van der Waals surface area contributed by atoms with E-state index < -0.39 is 23.8 Å². The molecular formula is C17H13F3N4O4. The number of fused-ring (bicyclic) bond motifs is 1. The molecule has 1 atom stereocenters. The van der Waals surface area contributed by atoms with Crippen LogP contribution in [0.3, 0.4) is 0 Å². The zero-order chi connectivity index (χ0) is 20.6. The Labute approximate surface area is 156 Å². The van der Waals surface area contributed by atoms with E-state index in [2.05, 4.69) is 5.10 Å². The summed E-state index contributed by atoms with van der Waals surface area (Å²) < 4.78 is 55.6. The van der Waals surface area contributed by atoms with Crippen molar-refractivity contribution in [1.82, 2.24) is 10.2 Å². The number of benzene rings is 1. The number of carbonyl (C=O) groups excluding carboxylic acids is 1. The van der Waals surface area contributed by atoms with Crippen LogP contribution in [-0.4, -0.2) is 23.3 Å². The summed E-state index contributed by atoms with van der Waals surface area (Å²) in [6.07, 6.45) is -4.77. The molecule has 1 aliphatic heterocycles. The zero-order valence-corrected chi connectivity index (χ0v) is 14.5. The third kappa shape index (κ3) is 3.20. The summed E-state index contributed by atoms with van der Waals surface area (Å²) in [7, 11) is 1.30. The molecule has 1 aromatic carbocycles. The SMILES string of the molecule is COc1cc(C2C(C#N)=C(N)Oc3n[nH]c(C(F)(F)F)c32)ccc1OC(C)=O. The van der Waals surface area contributed by atoms with Crippen LogP contribution in [0.5, 0.6) is 17.4 Å². The van der Waals surface area contributed by atoms with Crippen molar-refractivity contribution in [3.8, 4) is 23.4 Å². The van der Waals surface area contributed by atoms with E-state index in [1.165, 1.54) is 32.2 Å². The second kappa shape index (κ2) is 6.80. The number of aromatic nitrogens is 2. The highest BCUT2D eigenvalue weighted by atomic mass is 19.4. The van der Waals surface area contributed by atoms with E-state index in [-0.39, 0.29) is 40.0 Å². The van der Waals surface area contributed by atoms with Gasteiger partial charge in [-0.3, -0.25) is 9.89 Å². The molecule has 28 heavy (non-hydrogen) atoms. The molecule has 8 nitrogen and oxygen atoms in total. The molecule has 0 bridgehead atoms. The third-order valence-electron chi connectivity index (χ3n) is 4.00. The van der Waals surface area contributed by atoms with Crippen molar-refractivity contribution in [3.63, 3.8) is 0 Å².